The molecule has 2 aromatic heterocycles. The quantitative estimate of drug-likeness (QED) is 0.767. The van der Waals surface area contributed by atoms with Gasteiger partial charge >= 0.3 is 0 Å². The highest BCUT2D eigenvalue weighted by molar-refractivity contribution is 5.61. The molecule has 1 atom stereocenters. The molecule has 0 bridgehead atoms. The predicted molar refractivity (Wildman–Crippen MR) is 88.0 cm³/mol. The predicted octanol–water partition coefficient (Wildman–Crippen LogP) is 4.31. The molecule has 0 saturated carbocycles. The van der Waals surface area contributed by atoms with Crippen LogP contribution in [0.15, 0.2) is 78.7 Å². The van der Waals surface area contributed by atoms with E-state index < -0.39 is 0 Å². The summed E-state index contributed by atoms with van der Waals surface area (Å²) >= 11 is 0. The molecule has 0 amide bonds. The highest BCUT2D eigenvalue weighted by Crippen LogP contribution is 2.25. The van der Waals surface area contributed by atoms with E-state index in [1.54, 1.807) is 12.4 Å². The van der Waals surface area contributed by atoms with Gasteiger partial charge in [-0.05, 0) is 30.7 Å². The van der Waals surface area contributed by atoms with Crippen LogP contribution in [0.1, 0.15) is 13.3 Å². The lowest BCUT2D eigenvalue weighted by Gasteiger charge is -2.19. The molecule has 1 unspecified atom stereocenters. The Morgan fingerprint density at radius 2 is 1.67 bits per heavy atom. The molecule has 3 heteroatoms. The molecule has 2 aromatic rings. The van der Waals surface area contributed by atoms with Crippen molar-refractivity contribution in [3.63, 3.8) is 0 Å². The molecule has 0 saturated heterocycles. The summed E-state index contributed by atoms with van der Waals surface area (Å²) in [6, 6.07) is 11.6. The molecule has 3 rings (SSSR count). The van der Waals surface area contributed by atoms with E-state index >= 15 is 0 Å². The van der Waals surface area contributed by atoms with Gasteiger partial charge in [0.1, 0.15) is 0 Å². The molecule has 0 aromatic carbocycles. The molecule has 1 aliphatic rings. The fraction of sp³-hybridized carbons (Fsp3) is 0.167. The lowest BCUT2D eigenvalue weighted by Crippen LogP contribution is -2.11. The number of hydrogen-bond acceptors (Lipinski definition) is 3. The van der Waals surface area contributed by atoms with E-state index in [4.69, 9.17) is 0 Å². The van der Waals surface area contributed by atoms with Crippen molar-refractivity contribution in [1.29, 1.82) is 0 Å². The third kappa shape index (κ3) is 4.49. The van der Waals surface area contributed by atoms with E-state index in [2.05, 4.69) is 34.5 Å². The molecule has 0 radical (unpaired) electrons. The second-order valence-electron chi connectivity index (χ2n) is 4.99. The molecule has 0 aliphatic carbocycles. The Morgan fingerprint density at radius 3 is 2.00 bits per heavy atom. The molecule has 0 N–H and O–H groups in total. The monoisotopic (exact) mass is 277 g/mol. The van der Waals surface area contributed by atoms with Crippen molar-refractivity contribution in [2.75, 3.05) is 0 Å². The van der Waals surface area contributed by atoms with Crippen LogP contribution in [0.5, 0.6) is 0 Å². The van der Waals surface area contributed by atoms with Gasteiger partial charge < -0.3 is 0 Å². The first kappa shape index (κ1) is 14.9. The summed E-state index contributed by atoms with van der Waals surface area (Å²) in [5.74, 6) is 0. The van der Waals surface area contributed by atoms with Gasteiger partial charge in [0.2, 0.25) is 0 Å². The van der Waals surface area contributed by atoms with Crippen molar-refractivity contribution in [2.45, 2.75) is 13.3 Å². The second-order valence-corrected chi connectivity index (χ2v) is 4.99. The largest absolute Gasteiger partial charge is 0.269 e. The zero-order valence-electron chi connectivity index (χ0n) is 12.2. The molecule has 0 spiro atoms. The summed E-state index contributed by atoms with van der Waals surface area (Å²) in [7, 11) is 0. The van der Waals surface area contributed by atoms with E-state index in [1.807, 2.05) is 54.9 Å². The summed E-state index contributed by atoms with van der Waals surface area (Å²) < 4.78 is 0. The van der Waals surface area contributed by atoms with Crippen molar-refractivity contribution in [3.8, 4) is 11.4 Å². The third-order valence-electron chi connectivity index (χ3n) is 3.24. The Bertz CT molecular complexity index is 580. The van der Waals surface area contributed by atoms with Gasteiger partial charge in [0.15, 0.2) is 0 Å². The fourth-order valence-electron chi connectivity index (χ4n) is 1.77. The average molecular weight is 277 g/mol. The van der Waals surface area contributed by atoms with Gasteiger partial charge in [0, 0.05) is 30.2 Å². The maximum absolute atomic E-state index is 4.19. The lowest BCUT2D eigenvalue weighted by atomic mass is 9.87. The Morgan fingerprint density at radius 1 is 1.05 bits per heavy atom. The van der Waals surface area contributed by atoms with Crippen LogP contribution in [0.2, 0.25) is 0 Å². The number of aromatic nitrogens is 2. The zero-order valence-corrected chi connectivity index (χ0v) is 12.2. The van der Waals surface area contributed by atoms with E-state index in [9.17, 15) is 0 Å². The molecule has 3 heterocycles. The normalized spacial score (nSPS) is 19.5. The zero-order chi connectivity index (χ0) is 15.0. The van der Waals surface area contributed by atoms with Gasteiger partial charge in [-0.1, -0.05) is 31.2 Å². The van der Waals surface area contributed by atoms with Gasteiger partial charge in [0.25, 0.3) is 0 Å². The number of allylic oxidation sites excluding steroid dienone is 2. The summed E-state index contributed by atoms with van der Waals surface area (Å²) in [6.45, 7) is 5.88. The third-order valence-corrected chi connectivity index (χ3v) is 3.24. The van der Waals surface area contributed by atoms with Crippen LogP contribution in [-0.2, 0) is 0 Å². The van der Waals surface area contributed by atoms with Crippen molar-refractivity contribution in [2.24, 2.45) is 10.4 Å². The molecule has 0 fully saturated rings. The van der Waals surface area contributed by atoms with Crippen molar-refractivity contribution in [1.82, 2.24) is 9.97 Å². The summed E-state index contributed by atoms with van der Waals surface area (Å²) in [4.78, 5) is 12.3. The van der Waals surface area contributed by atoms with Gasteiger partial charge in [-0.3, -0.25) is 15.0 Å². The highest BCUT2D eigenvalue weighted by atomic mass is 14.7. The van der Waals surface area contributed by atoms with Crippen LogP contribution in [0.4, 0.5) is 0 Å². The van der Waals surface area contributed by atoms with Crippen molar-refractivity contribution < 1.29 is 0 Å². The summed E-state index contributed by atoms with van der Waals surface area (Å²) in [5, 5.41) is 0. The molecule has 1 aliphatic heterocycles. The van der Waals surface area contributed by atoms with Crippen LogP contribution >= 0.6 is 0 Å². The minimum absolute atomic E-state index is 0.155. The van der Waals surface area contributed by atoms with E-state index in [0.717, 1.165) is 17.8 Å². The first-order valence-electron chi connectivity index (χ1n) is 6.89. The Hall–Kier alpha value is -2.55. The highest BCUT2D eigenvalue weighted by Gasteiger charge is 2.15. The van der Waals surface area contributed by atoms with Gasteiger partial charge in [0.05, 0.1) is 11.4 Å². The van der Waals surface area contributed by atoms with Gasteiger partial charge in [-0.15, -0.1) is 6.58 Å². The number of aliphatic imine (C=N–C) groups is 1. The van der Waals surface area contributed by atoms with Crippen molar-refractivity contribution >= 4 is 6.21 Å². The number of pyridine rings is 2. The molecular weight excluding hydrogens is 258 g/mol. The SMILES string of the molecule is C=CC1(C)C=CN=CC1.c1ccc(-c2ccccn2)nc1. The Kier molecular flexibility index (Phi) is 5.16. The summed E-state index contributed by atoms with van der Waals surface area (Å²) in [6.07, 6.45) is 12.3. The fourth-order valence-corrected chi connectivity index (χ4v) is 1.77. The van der Waals surface area contributed by atoms with E-state index in [-0.39, 0.29) is 5.41 Å². The Balaban J connectivity index is 0.000000161. The van der Waals surface area contributed by atoms with Crippen LogP contribution in [0.3, 0.4) is 0 Å². The van der Waals surface area contributed by atoms with Gasteiger partial charge in [-0.2, -0.15) is 0 Å². The standard InChI is InChI=1S/C10H8N2.C8H11N/c1-3-7-11-9(5-1)10-6-2-4-8-12-10;1-3-8(2)4-6-9-7-5-8/h1-8H;3-4,6-7H,1,5H2,2H3. The van der Waals surface area contributed by atoms with Crippen LogP contribution in [0.25, 0.3) is 11.4 Å². The van der Waals surface area contributed by atoms with E-state index in [0.29, 0.717) is 0 Å². The van der Waals surface area contributed by atoms with Crippen molar-refractivity contribution in [3.05, 3.63) is 73.7 Å². The minimum atomic E-state index is 0.155. The van der Waals surface area contributed by atoms with E-state index in [1.165, 1.54) is 0 Å². The lowest BCUT2D eigenvalue weighted by molar-refractivity contribution is 0.579. The first-order chi connectivity index (χ1) is 10.2. The first-order valence-corrected chi connectivity index (χ1v) is 6.89. The molecular formula is C18H19N3. The minimum Gasteiger partial charge on any atom is -0.269 e. The number of nitrogens with zero attached hydrogens (tertiary/aromatic N) is 3. The number of hydrogen-bond donors (Lipinski definition) is 0. The smallest absolute Gasteiger partial charge is 0.0886 e. The Labute approximate surface area is 125 Å². The summed E-state index contributed by atoms with van der Waals surface area (Å²) in [5.41, 5.74) is 1.98. The van der Waals surface area contributed by atoms with Crippen LogP contribution < -0.4 is 0 Å². The van der Waals surface area contributed by atoms with Gasteiger partial charge in [-0.25, -0.2) is 0 Å². The van der Waals surface area contributed by atoms with Crippen LogP contribution in [-0.4, -0.2) is 16.2 Å². The maximum Gasteiger partial charge on any atom is 0.0886 e. The maximum atomic E-state index is 4.19. The number of rotatable bonds is 2. The molecule has 3 nitrogen and oxygen atoms in total. The van der Waals surface area contributed by atoms with Crippen LogP contribution in [0, 0.1) is 5.41 Å². The topological polar surface area (TPSA) is 38.1 Å². The molecule has 106 valence electrons. The molecule has 21 heavy (non-hydrogen) atoms. The average Bonchev–Trinajstić information content (AvgIpc) is 2.58. The second kappa shape index (κ2) is 7.29.